The van der Waals surface area contributed by atoms with Crippen molar-refractivity contribution >= 4 is 11.6 Å². The Labute approximate surface area is 117 Å². The molecule has 0 heterocycles. The highest BCUT2D eigenvalue weighted by molar-refractivity contribution is 5.99. The van der Waals surface area contributed by atoms with Crippen molar-refractivity contribution in [2.24, 2.45) is 5.84 Å². The van der Waals surface area contributed by atoms with E-state index in [0.29, 0.717) is 13.0 Å². The smallest absolute Gasteiger partial charge is 0.256 e. The predicted octanol–water partition coefficient (Wildman–Crippen LogP) is 1.49. The first-order chi connectivity index (χ1) is 9.69. The van der Waals surface area contributed by atoms with Gasteiger partial charge in [-0.15, -0.1) is 0 Å². The molecule has 0 saturated heterocycles. The molecule has 1 aliphatic carbocycles. The van der Waals surface area contributed by atoms with Crippen LogP contribution in [0.1, 0.15) is 36.0 Å². The zero-order chi connectivity index (χ0) is 14.5. The summed E-state index contributed by atoms with van der Waals surface area (Å²) in [5.74, 6) is 4.52. The van der Waals surface area contributed by atoms with Crippen LogP contribution < -0.4 is 11.3 Å². The highest BCUT2D eigenvalue weighted by Gasteiger charge is 2.30. The van der Waals surface area contributed by atoms with Gasteiger partial charge in [-0.1, -0.05) is 6.07 Å². The maximum atomic E-state index is 13.7. The van der Waals surface area contributed by atoms with Gasteiger partial charge >= 0.3 is 0 Å². The van der Waals surface area contributed by atoms with E-state index in [-0.39, 0.29) is 29.8 Å². The molecule has 0 radical (unpaired) electrons. The minimum atomic E-state index is -0.547. The summed E-state index contributed by atoms with van der Waals surface area (Å²) in [6.45, 7) is 0.502. The maximum absolute atomic E-state index is 13.7. The number of carbonyl (C=O) groups is 1. The van der Waals surface area contributed by atoms with Gasteiger partial charge in [-0.2, -0.15) is 0 Å². The van der Waals surface area contributed by atoms with Crippen molar-refractivity contribution in [1.82, 2.24) is 4.90 Å². The normalized spacial score (nSPS) is 14.8. The van der Waals surface area contributed by atoms with Gasteiger partial charge in [-0.05, 0) is 37.8 Å². The SMILES string of the molecule is NNc1c(F)cccc1C(=O)N(CCCO)C1CCC1. The third-order valence-electron chi connectivity index (χ3n) is 3.72. The molecular formula is C14H20FN3O2. The van der Waals surface area contributed by atoms with E-state index < -0.39 is 5.82 Å². The first-order valence-electron chi connectivity index (χ1n) is 6.86. The third-order valence-corrected chi connectivity index (χ3v) is 3.72. The number of nitrogens with one attached hydrogen (secondary N) is 1. The molecule has 2 rings (SSSR count). The van der Waals surface area contributed by atoms with Gasteiger partial charge in [-0.25, -0.2) is 4.39 Å². The predicted molar refractivity (Wildman–Crippen MR) is 74.6 cm³/mol. The van der Waals surface area contributed by atoms with E-state index in [4.69, 9.17) is 10.9 Å². The van der Waals surface area contributed by atoms with Crippen LogP contribution in [0.25, 0.3) is 0 Å². The van der Waals surface area contributed by atoms with Crippen molar-refractivity contribution in [2.75, 3.05) is 18.6 Å². The lowest BCUT2D eigenvalue weighted by molar-refractivity contribution is 0.0563. The van der Waals surface area contributed by atoms with Crippen molar-refractivity contribution in [1.29, 1.82) is 0 Å². The molecular weight excluding hydrogens is 261 g/mol. The van der Waals surface area contributed by atoms with Crippen LogP contribution in [0.15, 0.2) is 18.2 Å². The number of benzene rings is 1. The van der Waals surface area contributed by atoms with E-state index in [1.165, 1.54) is 12.1 Å². The first-order valence-corrected chi connectivity index (χ1v) is 6.86. The van der Waals surface area contributed by atoms with Gasteiger partial charge in [0.25, 0.3) is 5.91 Å². The summed E-state index contributed by atoms with van der Waals surface area (Å²) in [7, 11) is 0. The number of para-hydroxylation sites is 1. The van der Waals surface area contributed by atoms with Crippen LogP contribution in [0.3, 0.4) is 0 Å². The zero-order valence-electron chi connectivity index (χ0n) is 11.3. The van der Waals surface area contributed by atoms with Crippen LogP contribution in [0.2, 0.25) is 0 Å². The van der Waals surface area contributed by atoms with Crippen LogP contribution in [0.4, 0.5) is 10.1 Å². The van der Waals surface area contributed by atoms with E-state index in [1.54, 1.807) is 11.0 Å². The molecule has 1 aromatic rings. The Hall–Kier alpha value is -1.66. The Kier molecular flexibility index (Phi) is 4.92. The molecule has 110 valence electrons. The van der Waals surface area contributed by atoms with E-state index >= 15 is 0 Å². The Bertz CT molecular complexity index is 477. The van der Waals surface area contributed by atoms with E-state index in [2.05, 4.69) is 5.43 Å². The van der Waals surface area contributed by atoms with Crippen molar-refractivity contribution in [3.05, 3.63) is 29.6 Å². The van der Waals surface area contributed by atoms with Gasteiger partial charge in [0.1, 0.15) is 5.82 Å². The molecule has 0 aliphatic heterocycles. The number of hydrogen-bond acceptors (Lipinski definition) is 4. The lowest BCUT2D eigenvalue weighted by atomic mass is 9.90. The highest BCUT2D eigenvalue weighted by Crippen LogP contribution is 2.28. The number of hydrazine groups is 1. The summed E-state index contributed by atoms with van der Waals surface area (Å²) in [5.41, 5.74) is 2.51. The summed E-state index contributed by atoms with van der Waals surface area (Å²) in [5, 5.41) is 8.95. The lowest BCUT2D eigenvalue weighted by Crippen LogP contribution is -2.45. The standard InChI is InChI=1S/C14H20FN3O2/c15-12-7-2-6-11(13(12)17-16)14(20)18(8-3-9-19)10-4-1-5-10/h2,6-7,10,17,19H,1,3-5,8-9,16H2. The van der Waals surface area contributed by atoms with Gasteiger partial charge in [0.15, 0.2) is 0 Å². The van der Waals surface area contributed by atoms with Gasteiger partial charge in [0.2, 0.25) is 0 Å². The Morgan fingerprint density at radius 1 is 1.50 bits per heavy atom. The van der Waals surface area contributed by atoms with E-state index in [9.17, 15) is 9.18 Å². The molecule has 5 nitrogen and oxygen atoms in total. The largest absolute Gasteiger partial charge is 0.396 e. The molecule has 0 unspecified atom stereocenters. The number of aliphatic hydroxyl groups is 1. The van der Waals surface area contributed by atoms with Crippen molar-refractivity contribution in [3.63, 3.8) is 0 Å². The Balaban J connectivity index is 2.24. The van der Waals surface area contributed by atoms with Crippen molar-refractivity contribution in [2.45, 2.75) is 31.7 Å². The van der Waals surface area contributed by atoms with Crippen molar-refractivity contribution in [3.8, 4) is 0 Å². The van der Waals surface area contributed by atoms with E-state index in [0.717, 1.165) is 19.3 Å². The van der Waals surface area contributed by atoms with Crippen LogP contribution in [-0.2, 0) is 0 Å². The monoisotopic (exact) mass is 281 g/mol. The fraction of sp³-hybridized carbons (Fsp3) is 0.500. The molecule has 1 saturated carbocycles. The summed E-state index contributed by atoms with van der Waals surface area (Å²) in [6, 6.07) is 4.50. The first kappa shape index (κ1) is 14.7. The number of hydrogen-bond donors (Lipinski definition) is 3. The topological polar surface area (TPSA) is 78.6 Å². The minimum Gasteiger partial charge on any atom is -0.396 e. The molecule has 6 heteroatoms. The molecule has 0 bridgehead atoms. The second-order valence-electron chi connectivity index (χ2n) is 4.97. The van der Waals surface area contributed by atoms with Gasteiger partial charge < -0.3 is 15.4 Å². The zero-order valence-corrected chi connectivity index (χ0v) is 11.3. The number of nitrogens with two attached hydrogens (primary N) is 1. The number of aliphatic hydroxyl groups excluding tert-OH is 1. The number of nitrogens with zero attached hydrogens (tertiary/aromatic N) is 1. The van der Waals surface area contributed by atoms with E-state index in [1.807, 2.05) is 0 Å². The molecule has 1 aliphatic rings. The highest BCUT2D eigenvalue weighted by atomic mass is 19.1. The maximum Gasteiger partial charge on any atom is 0.256 e. The molecule has 20 heavy (non-hydrogen) atoms. The van der Waals surface area contributed by atoms with Crippen molar-refractivity contribution < 1.29 is 14.3 Å². The second kappa shape index (κ2) is 6.67. The minimum absolute atomic E-state index is 0.0193. The molecule has 4 N–H and O–H groups in total. The third kappa shape index (κ3) is 2.91. The summed E-state index contributed by atoms with van der Waals surface area (Å²) in [4.78, 5) is 14.3. The number of nitrogen functional groups attached to an aromatic ring is 1. The fourth-order valence-corrected chi connectivity index (χ4v) is 2.39. The molecule has 1 aromatic carbocycles. The van der Waals surface area contributed by atoms with Crippen LogP contribution in [0.5, 0.6) is 0 Å². The second-order valence-corrected chi connectivity index (χ2v) is 4.97. The number of halogens is 1. The molecule has 0 atom stereocenters. The summed E-state index contributed by atoms with van der Waals surface area (Å²) >= 11 is 0. The number of carbonyl (C=O) groups excluding carboxylic acids is 1. The molecule has 0 spiro atoms. The molecule has 1 amide bonds. The summed E-state index contributed by atoms with van der Waals surface area (Å²) in [6.07, 6.45) is 3.53. The van der Waals surface area contributed by atoms with Crippen LogP contribution in [-0.4, -0.2) is 35.1 Å². The Morgan fingerprint density at radius 3 is 2.80 bits per heavy atom. The summed E-state index contributed by atoms with van der Waals surface area (Å²) < 4.78 is 13.7. The number of anilines is 1. The average Bonchev–Trinajstić information content (AvgIpc) is 2.40. The number of amides is 1. The van der Waals surface area contributed by atoms with Gasteiger partial charge in [0, 0.05) is 19.2 Å². The van der Waals surface area contributed by atoms with Gasteiger partial charge in [0.05, 0.1) is 11.3 Å². The fourth-order valence-electron chi connectivity index (χ4n) is 2.39. The average molecular weight is 281 g/mol. The Morgan fingerprint density at radius 2 is 2.25 bits per heavy atom. The molecule has 1 fully saturated rings. The van der Waals surface area contributed by atoms with Crippen LogP contribution >= 0.6 is 0 Å². The molecule has 0 aromatic heterocycles. The lowest BCUT2D eigenvalue weighted by Gasteiger charge is -2.38. The quantitative estimate of drug-likeness (QED) is 0.545. The van der Waals surface area contributed by atoms with Gasteiger partial charge in [-0.3, -0.25) is 10.6 Å². The van der Waals surface area contributed by atoms with Crippen LogP contribution in [0, 0.1) is 5.82 Å². The number of rotatable bonds is 6.